The number of rotatable bonds is 7. The Kier molecular flexibility index (Phi) is 6.18. The molecule has 2 atom stereocenters. The van der Waals surface area contributed by atoms with Crippen LogP contribution in [0.5, 0.6) is 5.75 Å². The third kappa shape index (κ3) is 5.81. The maximum Gasteiger partial charge on any atom is 0.119 e. The first-order chi connectivity index (χ1) is 8.11. The third-order valence-electron chi connectivity index (χ3n) is 2.19. The molecular weight excluding hydrogens is 240 g/mol. The first-order valence-corrected chi connectivity index (χ1v) is 6.94. The minimum Gasteiger partial charge on any atom is -0.493 e. The molecule has 17 heavy (non-hydrogen) atoms. The first kappa shape index (κ1) is 14.2. The average Bonchev–Trinajstić information content (AvgIpc) is 2.31. The molecule has 2 unspecified atom stereocenters. The van der Waals surface area contributed by atoms with Crippen LogP contribution in [0.3, 0.4) is 0 Å². The number of hydrogen-bond acceptors (Lipinski definition) is 4. The molecule has 0 radical (unpaired) electrons. The fourth-order valence-electron chi connectivity index (χ4n) is 1.24. The molecule has 0 amide bonds. The molecule has 0 aliphatic heterocycles. The Bertz CT molecular complexity index is 350. The van der Waals surface area contributed by atoms with E-state index in [9.17, 15) is 4.21 Å². The van der Waals surface area contributed by atoms with E-state index in [1.54, 1.807) is 0 Å². The molecular formula is C12H18O4S. The zero-order valence-corrected chi connectivity index (χ0v) is 10.7. The standard InChI is InChI=1S/C12H18O4S/c1-10-2-4-12(5-3-10)16-6-7-17(15)9-11(14)8-13/h2-5,11,13-14H,6-9H2,1H3. The summed E-state index contributed by atoms with van der Waals surface area (Å²) in [6, 6.07) is 7.62. The van der Waals surface area contributed by atoms with Crippen molar-refractivity contribution in [2.75, 3.05) is 24.7 Å². The lowest BCUT2D eigenvalue weighted by molar-refractivity contribution is 0.113. The molecule has 0 aromatic heterocycles. The number of aryl methyl sites for hydroxylation is 1. The van der Waals surface area contributed by atoms with Crippen molar-refractivity contribution in [3.63, 3.8) is 0 Å². The average molecular weight is 258 g/mol. The molecule has 0 aliphatic rings. The van der Waals surface area contributed by atoms with Crippen molar-refractivity contribution in [2.24, 2.45) is 0 Å². The monoisotopic (exact) mass is 258 g/mol. The highest BCUT2D eigenvalue weighted by atomic mass is 32.2. The van der Waals surface area contributed by atoms with Gasteiger partial charge in [-0.2, -0.15) is 0 Å². The van der Waals surface area contributed by atoms with Crippen LogP contribution in [-0.4, -0.2) is 45.2 Å². The second-order valence-electron chi connectivity index (χ2n) is 3.81. The Balaban J connectivity index is 2.23. The van der Waals surface area contributed by atoms with Crippen LogP contribution in [0, 0.1) is 6.92 Å². The van der Waals surface area contributed by atoms with Crippen molar-refractivity contribution in [1.29, 1.82) is 0 Å². The van der Waals surface area contributed by atoms with Gasteiger partial charge in [-0.25, -0.2) is 0 Å². The molecule has 1 aromatic rings. The van der Waals surface area contributed by atoms with E-state index in [0.29, 0.717) is 12.4 Å². The van der Waals surface area contributed by atoms with Crippen molar-refractivity contribution in [3.8, 4) is 5.75 Å². The molecule has 0 spiro atoms. The maximum atomic E-state index is 11.4. The summed E-state index contributed by atoms with van der Waals surface area (Å²) in [6.07, 6.45) is -0.907. The summed E-state index contributed by atoms with van der Waals surface area (Å²) in [7, 11) is -1.16. The highest BCUT2D eigenvalue weighted by molar-refractivity contribution is 7.85. The van der Waals surface area contributed by atoms with Gasteiger partial charge in [0.2, 0.25) is 0 Å². The molecule has 1 rings (SSSR count). The molecule has 0 aliphatic carbocycles. The summed E-state index contributed by atoms with van der Waals surface area (Å²) in [5.41, 5.74) is 1.16. The minimum absolute atomic E-state index is 0.0910. The second kappa shape index (κ2) is 7.42. The smallest absolute Gasteiger partial charge is 0.119 e. The van der Waals surface area contributed by atoms with Gasteiger partial charge in [0.1, 0.15) is 5.75 Å². The third-order valence-corrected chi connectivity index (χ3v) is 3.57. The Morgan fingerprint density at radius 2 is 2.00 bits per heavy atom. The lowest BCUT2D eigenvalue weighted by Gasteiger charge is -2.08. The van der Waals surface area contributed by atoms with Crippen molar-refractivity contribution in [2.45, 2.75) is 13.0 Å². The number of benzene rings is 1. The van der Waals surface area contributed by atoms with Crippen molar-refractivity contribution >= 4 is 10.8 Å². The quantitative estimate of drug-likeness (QED) is 0.746. The van der Waals surface area contributed by atoms with Gasteiger partial charge < -0.3 is 14.9 Å². The van der Waals surface area contributed by atoms with Crippen LogP contribution in [0.25, 0.3) is 0 Å². The van der Waals surface area contributed by atoms with E-state index in [4.69, 9.17) is 14.9 Å². The molecule has 2 N–H and O–H groups in total. The van der Waals surface area contributed by atoms with E-state index in [1.165, 1.54) is 0 Å². The Morgan fingerprint density at radius 1 is 1.35 bits per heavy atom. The summed E-state index contributed by atoms with van der Waals surface area (Å²) in [4.78, 5) is 0. The SMILES string of the molecule is Cc1ccc(OCCS(=O)CC(O)CO)cc1. The van der Waals surface area contributed by atoms with Crippen molar-refractivity contribution in [3.05, 3.63) is 29.8 Å². The Labute approximate surface area is 104 Å². The molecule has 0 bridgehead atoms. The topological polar surface area (TPSA) is 66.8 Å². The van der Waals surface area contributed by atoms with Crippen LogP contribution >= 0.6 is 0 Å². The number of aliphatic hydroxyl groups excluding tert-OH is 2. The summed E-state index contributed by atoms with van der Waals surface area (Å²) < 4.78 is 16.8. The summed E-state index contributed by atoms with van der Waals surface area (Å²) in [5, 5.41) is 17.7. The molecule has 1 aromatic carbocycles. The fraction of sp³-hybridized carbons (Fsp3) is 0.500. The van der Waals surface area contributed by atoms with Crippen LogP contribution in [0.2, 0.25) is 0 Å². The molecule has 5 heteroatoms. The predicted molar refractivity (Wildman–Crippen MR) is 67.6 cm³/mol. The van der Waals surface area contributed by atoms with Gasteiger partial charge in [0.15, 0.2) is 0 Å². The van der Waals surface area contributed by atoms with Gasteiger partial charge >= 0.3 is 0 Å². The van der Waals surface area contributed by atoms with E-state index < -0.39 is 16.9 Å². The fourth-order valence-corrected chi connectivity index (χ4v) is 2.21. The summed E-state index contributed by atoms with van der Waals surface area (Å²) in [5.74, 6) is 1.19. The number of hydrogen-bond donors (Lipinski definition) is 2. The summed E-state index contributed by atoms with van der Waals surface area (Å²) >= 11 is 0. The normalized spacial score (nSPS) is 14.3. The Hall–Kier alpha value is -0.910. The van der Waals surface area contributed by atoms with E-state index in [1.807, 2.05) is 31.2 Å². The lowest BCUT2D eigenvalue weighted by atomic mass is 10.2. The van der Waals surface area contributed by atoms with Crippen LogP contribution in [0.4, 0.5) is 0 Å². The molecule has 0 fully saturated rings. The molecule has 0 saturated carbocycles. The van der Waals surface area contributed by atoms with Gasteiger partial charge in [-0.1, -0.05) is 17.7 Å². The number of ether oxygens (including phenoxy) is 1. The van der Waals surface area contributed by atoms with Crippen molar-refractivity contribution < 1.29 is 19.2 Å². The predicted octanol–water partition coefficient (Wildman–Crippen LogP) is 0.476. The summed E-state index contributed by atoms with van der Waals surface area (Å²) in [6.45, 7) is 1.98. The molecule has 4 nitrogen and oxygen atoms in total. The van der Waals surface area contributed by atoms with Gasteiger partial charge in [0.05, 0.1) is 30.8 Å². The van der Waals surface area contributed by atoms with Crippen molar-refractivity contribution in [1.82, 2.24) is 0 Å². The number of aliphatic hydroxyl groups is 2. The minimum atomic E-state index is -1.16. The molecule has 0 saturated heterocycles. The zero-order valence-electron chi connectivity index (χ0n) is 9.83. The van der Waals surface area contributed by atoms with Gasteiger partial charge in [0.25, 0.3) is 0 Å². The van der Waals surface area contributed by atoms with E-state index in [-0.39, 0.29) is 12.4 Å². The van der Waals surface area contributed by atoms with Crippen LogP contribution in [0.1, 0.15) is 5.56 Å². The van der Waals surface area contributed by atoms with Gasteiger partial charge in [-0.05, 0) is 19.1 Å². The highest BCUT2D eigenvalue weighted by Crippen LogP contribution is 2.11. The van der Waals surface area contributed by atoms with Crippen LogP contribution in [0.15, 0.2) is 24.3 Å². The largest absolute Gasteiger partial charge is 0.493 e. The molecule has 0 heterocycles. The van der Waals surface area contributed by atoms with E-state index in [0.717, 1.165) is 11.3 Å². The van der Waals surface area contributed by atoms with Crippen LogP contribution in [-0.2, 0) is 10.8 Å². The van der Waals surface area contributed by atoms with Gasteiger partial charge in [-0.3, -0.25) is 4.21 Å². The van der Waals surface area contributed by atoms with E-state index in [2.05, 4.69) is 0 Å². The highest BCUT2D eigenvalue weighted by Gasteiger charge is 2.08. The second-order valence-corrected chi connectivity index (χ2v) is 5.43. The van der Waals surface area contributed by atoms with Crippen LogP contribution < -0.4 is 4.74 Å². The van der Waals surface area contributed by atoms with E-state index >= 15 is 0 Å². The zero-order chi connectivity index (χ0) is 12.7. The molecule has 96 valence electrons. The Morgan fingerprint density at radius 3 is 2.59 bits per heavy atom. The first-order valence-electron chi connectivity index (χ1n) is 5.45. The van der Waals surface area contributed by atoms with Gasteiger partial charge in [0, 0.05) is 10.8 Å². The lowest BCUT2D eigenvalue weighted by Crippen LogP contribution is -2.23. The maximum absolute atomic E-state index is 11.4. The van der Waals surface area contributed by atoms with Gasteiger partial charge in [-0.15, -0.1) is 0 Å².